The maximum Gasteiger partial charge on any atom is 0.182 e. The highest BCUT2D eigenvalue weighted by molar-refractivity contribution is 6.02. The number of Topliss-reactive ketones (excluding diaryl/α,β-unsaturated/α-hetero) is 1. The molecule has 1 saturated heterocycles. The Labute approximate surface area is 151 Å². The van der Waals surface area contributed by atoms with Crippen LogP contribution in [-0.4, -0.2) is 29.3 Å². The summed E-state index contributed by atoms with van der Waals surface area (Å²) < 4.78 is 0. The first kappa shape index (κ1) is 17.9. The molecule has 0 aliphatic carbocycles. The van der Waals surface area contributed by atoms with E-state index in [2.05, 4.69) is 49.1 Å². The smallest absolute Gasteiger partial charge is 0.182 e. The number of benzene rings is 2. The summed E-state index contributed by atoms with van der Waals surface area (Å²) in [5, 5.41) is 0. The molecule has 1 unspecified atom stereocenters. The van der Waals surface area contributed by atoms with Crippen molar-refractivity contribution in [3.05, 3.63) is 71.8 Å². The zero-order valence-electron chi connectivity index (χ0n) is 15.4. The molecule has 2 heteroatoms. The number of likely N-dealkylation sites (tertiary alicyclic amines) is 1. The molecule has 1 aliphatic heterocycles. The van der Waals surface area contributed by atoms with Gasteiger partial charge >= 0.3 is 0 Å². The first-order valence-electron chi connectivity index (χ1n) is 9.52. The fourth-order valence-corrected chi connectivity index (χ4v) is 4.01. The van der Waals surface area contributed by atoms with Crippen LogP contribution in [0.5, 0.6) is 0 Å². The van der Waals surface area contributed by atoms with Gasteiger partial charge < -0.3 is 0 Å². The first-order valence-corrected chi connectivity index (χ1v) is 9.52. The number of piperidine rings is 1. The minimum atomic E-state index is -0.390. The summed E-state index contributed by atoms with van der Waals surface area (Å²) in [6, 6.07) is 20.5. The van der Waals surface area contributed by atoms with Crippen molar-refractivity contribution in [3.8, 4) is 0 Å². The third-order valence-corrected chi connectivity index (χ3v) is 5.89. The second-order valence-corrected chi connectivity index (χ2v) is 7.44. The van der Waals surface area contributed by atoms with E-state index in [1.807, 2.05) is 30.3 Å². The van der Waals surface area contributed by atoms with Crippen LogP contribution >= 0.6 is 0 Å². The lowest BCUT2D eigenvalue weighted by Crippen LogP contribution is -2.54. The zero-order chi connectivity index (χ0) is 17.7. The Hall–Kier alpha value is -1.93. The van der Waals surface area contributed by atoms with Gasteiger partial charge in [-0.05, 0) is 57.2 Å². The third-order valence-electron chi connectivity index (χ3n) is 5.89. The van der Waals surface area contributed by atoms with Crippen LogP contribution in [0, 0.1) is 5.92 Å². The standard InChI is InChI=1S/C23H29NO/c1-3-23(2,22(25)21-12-8-5-9-13-21)24-16-14-20(15-17-24)18-19-10-6-4-7-11-19/h4-13,20H,3,14-18H2,1-2H3. The molecule has 1 heterocycles. The Bertz CT molecular complexity index is 674. The van der Waals surface area contributed by atoms with Gasteiger partial charge in [0.1, 0.15) is 0 Å². The molecule has 0 aromatic heterocycles. The minimum Gasteiger partial charge on any atom is -0.292 e. The van der Waals surface area contributed by atoms with Crippen molar-refractivity contribution >= 4 is 5.78 Å². The highest BCUT2D eigenvalue weighted by atomic mass is 16.1. The molecule has 1 fully saturated rings. The Morgan fingerprint density at radius 2 is 1.56 bits per heavy atom. The van der Waals surface area contributed by atoms with Gasteiger partial charge in [0.25, 0.3) is 0 Å². The molecular formula is C23H29NO. The van der Waals surface area contributed by atoms with Crippen LogP contribution in [0.4, 0.5) is 0 Å². The van der Waals surface area contributed by atoms with Gasteiger partial charge in [-0.15, -0.1) is 0 Å². The van der Waals surface area contributed by atoms with Gasteiger partial charge in [0.15, 0.2) is 5.78 Å². The van der Waals surface area contributed by atoms with Crippen LogP contribution < -0.4 is 0 Å². The Kier molecular flexibility index (Phi) is 5.70. The number of hydrogen-bond acceptors (Lipinski definition) is 2. The Balaban J connectivity index is 1.64. The zero-order valence-corrected chi connectivity index (χ0v) is 15.4. The van der Waals surface area contributed by atoms with Crippen molar-refractivity contribution in [3.63, 3.8) is 0 Å². The Morgan fingerprint density at radius 3 is 2.12 bits per heavy atom. The topological polar surface area (TPSA) is 20.3 Å². The van der Waals surface area contributed by atoms with Gasteiger partial charge in [0.05, 0.1) is 5.54 Å². The van der Waals surface area contributed by atoms with Gasteiger partial charge in [-0.1, -0.05) is 67.6 Å². The molecule has 1 aliphatic rings. The molecule has 2 nitrogen and oxygen atoms in total. The van der Waals surface area contributed by atoms with Crippen molar-refractivity contribution in [1.82, 2.24) is 4.90 Å². The summed E-state index contributed by atoms with van der Waals surface area (Å²) in [6.45, 7) is 6.29. The summed E-state index contributed by atoms with van der Waals surface area (Å²) in [4.78, 5) is 15.5. The molecule has 0 spiro atoms. The van der Waals surface area contributed by atoms with Crippen LogP contribution in [-0.2, 0) is 6.42 Å². The van der Waals surface area contributed by atoms with Gasteiger partial charge in [-0.3, -0.25) is 9.69 Å². The van der Waals surface area contributed by atoms with E-state index >= 15 is 0 Å². The molecule has 3 rings (SSSR count). The van der Waals surface area contributed by atoms with Crippen LogP contribution in [0.1, 0.15) is 49.0 Å². The summed E-state index contributed by atoms with van der Waals surface area (Å²) >= 11 is 0. The van der Waals surface area contributed by atoms with Crippen LogP contribution in [0.2, 0.25) is 0 Å². The summed E-state index contributed by atoms with van der Waals surface area (Å²) in [7, 11) is 0. The van der Waals surface area contributed by atoms with E-state index in [4.69, 9.17) is 0 Å². The van der Waals surface area contributed by atoms with Crippen molar-refractivity contribution < 1.29 is 4.79 Å². The van der Waals surface area contributed by atoms with Crippen molar-refractivity contribution in [2.45, 2.75) is 45.1 Å². The van der Waals surface area contributed by atoms with E-state index in [1.165, 1.54) is 18.4 Å². The lowest BCUT2D eigenvalue weighted by molar-refractivity contribution is 0.0432. The molecule has 1 atom stereocenters. The highest BCUT2D eigenvalue weighted by Crippen LogP contribution is 2.31. The summed E-state index contributed by atoms with van der Waals surface area (Å²) in [5.74, 6) is 0.990. The van der Waals surface area contributed by atoms with E-state index in [0.717, 1.165) is 37.4 Å². The molecule has 0 N–H and O–H groups in total. The van der Waals surface area contributed by atoms with Crippen LogP contribution in [0.15, 0.2) is 60.7 Å². The Morgan fingerprint density at radius 1 is 1.00 bits per heavy atom. The second-order valence-electron chi connectivity index (χ2n) is 7.44. The van der Waals surface area contributed by atoms with Gasteiger partial charge in [0, 0.05) is 5.56 Å². The number of nitrogens with zero attached hydrogens (tertiary/aromatic N) is 1. The van der Waals surface area contributed by atoms with Crippen molar-refractivity contribution in [2.24, 2.45) is 5.92 Å². The van der Waals surface area contributed by atoms with E-state index in [9.17, 15) is 4.79 Å². The van der Waals surface area contributed by atoms with E-state index in [0.29, 0.717) is 0 Å². The summed E-state index contributed by atoms with van der Waals surface area (Å²) in [5.41, 5.74) is 1.87. The van der Waals surface area contributed by atoms with Gasteiger partial charge in [-0.2, -0.15) is 0 Å². The number of carbonyl (C=O) groups excluding carboxylic acids is 1. The second kappa shape index (κ2) is 7.97. The molecular weight excluding hydrogens is 306 g/mol. The fourth-order valence-electron chi connectivity index (χ4n) is 4.01. The molecule has 0 radical (unpaired) electrons. The van der Waals surface area contributed by atoms with E-state index in [-0.39, 0.29) is 11.3 Å². The third kappa shape index (κ3) is 4.01. The largest absolute Gasteiger partial charge is 0.292 e. The molecule has 2 aromatic rings. The predicted molar refractivity (Wildman–Crippen MR) is 104 cm³/mol. The lowest BCUT2D eigenvalue weighted by Gasteiger charge is -2.43. The highest BCUT2D eigenvalue weighted by Gasteiger charge is 2.39. The SMILES string of the molecule is CCC(C)(C(=O)c1ccccc1)N1CCC(Cc2ccccc2)CC1. The monoisotopic (exact) mass is 335 g/mol. The number of hydrogen-bond donors (Lipinski definition) is 0. The van der Waals surface area contributed by atoms with Crippen molar-refractivity contribution in [2.75, 3.05) is 13.1 Å². The maximum absolute atomic E-state index is 13.1. The number of carbonyl (C=O) groups is 1. The number of ketones is 1. The van der Waals surface area contributed by atoms with Crippen molar-refractivity contribution in [1.29, 1.82) is 0 Å². The fraction of sp³-hybridized carbons (Fsp3) is 0.435. The quantitative estimate of drug-likeness (QED) is 0.693. The van der Waals surface area contributed by atoms with E-state index in [1.54, 1.807) is 0 Å². The molecule has 0 amide bonds. The molecule has 2 aromatic carbocycles. The maximum atomic E-state index is 13.1. The predicted octanol–water partition coefficient (Wildman–Crippen LogP) is 4.99. The lowest BCUT2D eigenvalue weighted by atomic mass is 9.82. The average Bonchev–Trinajstić information content (AvgIpc) is 2.69. The first-order chi connectivity index (χ1) is 12.1. The molecule has 0 bridgehead atoms. The summed E-state index contributed by atoms with van der Waals surface area (Å²) in [6.07, 6.45) is 4.35. The average molecular weight is 335 g/mol. The normalized spacial score (nSPS) is 18.6. The van der Waals surface area contributed by atoms with E-state index < -0.39 is 0 Å². The van der Waals surface area contributed by atoms with Crippen LogP contribution in [0.3, 0.4) is 0 Å². The molecule has 132 valence electrons. The minimum absolute atomic E-state index is 0.261. The molecule has 25 heavy (non-hydrogen) atoms. The van der Waals surface area contributed by atoms with Gasteiger partial charge in [0.2, 0.25) is 0 Å². The molecule has 0 saturated carbocycles. The van der Waals surface area contributed by atoms with Crippen LogP contribution in [0.25, 0.3) is 0 Å². The number of rotatable bonds is 6. The van der Waals surface area contributed by atoms with Gasteiger partial charge in [-0.25, -0.2) is 0 Å².